The average molecular weight is 447 g/mol. The summed E-state index contributed by atoms with van der Waals surface area (Å²) in [5.74, 6) is 2.93. The van der Waals surface area contributed by atoms with E-state index in [2.05, 4.69) is 16.0 Å². The molecule has 0 saturated carbocycles. The molecule has 0 atom stereocenters. The summed E-state index contributed by atoms with van der Waals surface area (Å²) in [6.07, 6.45) is 2.05. The monoisotopic (exact) mass is 447 g/mol. The molecule has 0 aliphatic carbocycles. The van der Waals surface area contributed by atoms with Gasteiger partial charge in [0.05, 0.1) is 22.7 Å². The molecule has 0 N–H and O–H groups in total. The number of para-hydroxylation sites is 1. The highest BCUT2D eigenvalue weighted by Gasteiger charge is 2.30. The van der Waals surface area contributed by atoms with E-state index in [9.17, 15) is 18.0 Å². The molecular formula is C25H16F3N3O2. The summed E-state index contributed by atoms with van der Waals surface area (Å²) in [6, 6.07) is 18.0. The first-order chi connectivity index (χ1) is 15.9. The molecule has 0 saturated heterocycles. The second kappa shape index (κ2) is 9.01. The Morgan fingerprint density at radius 1 is 1.06 bits per heavy atom. The molecule has 8 heteroatoms. The number of alkyl halides is 3. The van der Waals surface area contributed by atoms with Crippen LogP contribution in [0.2, 0.25) is 0 Å². The van der Waals surface area contributed by atoms with Crippen LogP contribution >= 0.6 is 0 Å². The lowest BCUT2D eigenvalue weighted by Gasteiger charge is -2.12. The van der Waals surface area contributed by atoms with Gasteiger partial charge in [-0.25, -0.2) is 4.98 Å². The number of nitrogens with zero attached hydrogens (tertiary/aromatic N) is 3. The first-order valence-electron chi connectivity index (χ1n) is 9.77. The van der Waals surface area contributed by atoms with Crippen LogP contribution in [-0.4, -0.2) is 22.5 Å². The van der Waals surface area contributed by atoms with Gasteiger partial charge in [0.15, 0.2) is 5.82 Å². The molecule has 0 spiro atoms. The van der Waals surface area contributed by atoms with Gasteiger partial charge < -0.3 is 4.74 Å². The van der Waals surface area contributed by atoms with Crippen LogP contribution in [0.4, 0.5) is 13.2 Å². The van der Waals surface area contributed by atoms with E-state index in [0.717, 1.165) is 16.8 Å². The van der Waals surface area contributed by atoms with E-state index in [1.807, 2.05) is 0 Å². The van der Waals surface area contributed by atoms with E-state index >= 15 is 0 Å². The standard InChI is InChI=1S/C25H16F3N3O2/c1-2-14-33-20-12-10-17(11-13-20)16-29-31-23(18-6-5-7-19(15-18)25(26,27)28)30-22-9-4-3-8-21(22)24(31)32/h1,3-13,15-16H,14H2. The van der Waals surface area contributed by atoms with Gasteiger partial charge in [0, 0.05) is 5.56 Å². The lowest BCUT2D eigenvalue weighted by Crippen LogP contribution is -2.20. The fraction of sp³-hybridized carbons (Fsp3) is 0.0800. The SMILES string of the molecule is C#CCOc1ccc(C=Nn2c(-c3cccc(C(F)(F)F)c3)nc3ccccc3c2=O)cc1. The van der Waals surface area contributed by atoms with Crippen LogP contribution in [0.15, 0.2) is 82.7 Å². The maximum Gasteiger partial charge on any atom is 0.416 e. The third kappa shape index (κ3) is 4.77. The van der Waals surface area contributed by atoms with Gasteiger partial charge in [-0.15, -0.1) is 6.42 Å². The van der Waals surface area contributed by atoms with Gasteiger partial charge in [0.25, 0.3) is 5.56 Å². The summed E-state index contributed by atoms with van der Waals surface area (Å²) in [4.78, 5) is 17.6. The number of hydrogen-bond acceptors (Lipinski definition) is 4. The number of halogens is 3. The van der Waals surface area contributed by atoms with Crippen molar-refractivity contribution in [2.75, 3.05) is 6.61 Å². The highest BCUT2D eigenvalue weighted by atomic mass is 19.4. The Kier molecular flexibility index (Phi) is 5.96. The third-order valence-corrected chi connectivity index (χ3v) is 4.73. The number of rotatable bonds is 5. The topological polar surface area (TPSA) is 56.5 Å². The Morgan fingerprint density at radius 3 is 2.55 bits per heavy atom. The normalized spacial score (nSPS) is 11.6. The first kappa shape index (κ1) is 21.8. The van der Waals surface area contributed by atoms with Crippen LogP contribution in [0.3, 0.4) is 0 Å². The fourth-order valence-electron chi connectivity index (χ4n) is 3.15. The van der Waals surface area contributed by atoms with Gasteiger partial charge in [0.1, 0.15) is 12.4 Å². The summed E-state index contributed by atoms with van der Waals surface area (Å²) < 4.78 is 46.1. The summed E-state index contributed by atoms with van der Waals surface area (Å²) in [5, 5.41) is 4.54. The van der Waals surface area contributed by atoms with Gasteiger partial charge in [-0.2, -0.15) is 22.9 Å². The van der Waals surface area contributed by atoms with E-state index in [1.165, 1.54) is 18.3 Å². The summed E-state index contributed by atoms with van der Waals surface area (Å²) in [6.45, 7) is 0.131. The van der Waals surface area contributed by atoms with E-state index in [-0.39, 0.29) is 18.0 Å². The third-order valence-electron chi connectivity index (χ3n) is 4.73. The van der Waals surface area contributed by atoms with Crippen LogP contribution in [0.5, 0.6) is 5.75 Å². The van der Waals surface area contributed by atoms with Crippen molar-refractivity contribution >= 4 is 17.1 Å². The van der Waals surface area contributed by atoms with E-state index in [1.54, 1.807) is 48.5 Å². The predicted molar refractivity (Wildman–Crippen MR) is 120 cm³/mol. The zero-order valence-corrected chi connectivity index (χ0v) is 17.1. The van der Waals surface area contributed by atoms with Gasteiger partial charge in [-0.05, 0) is 54.1 Å². The molecule has 0 aliphatic heterocycles. The van der Waals surface area contributed by atoms with Crippen molar-refractivity contribution in [2.24, 2.45) is 5.10 Å². The Morgan fingerprint density at radius 2 is 1.82 bits per heavy atom. The van der Waals surface area contributed by atoms with Crippen LogP contribution < -0.4 is 10.3 Å². The average Bonchev–Trinajstić information content (AvgIpc) is 2.82. The number of ether oxygens (including phenoxy) is 1. The van der Waals surface area contributed by atoms with Crippen molar-refractivity contribution in [1.29, 1.82) is 0 Å². The molecule has 4 aromatic rings. The minimum atomic E-state index is -4.54. The first-order valence-corrected chi connectivity index (χ1v) is 9.77. The van der Waals surface area contributed by atoms with Crippen molar-refractivity contribution in [1.82, 2.24) is 9.66 Å². The maximum absolute atomic E-state index is 13.3. The van der Waals surface area contributed by atoms with Gasteiger partial charge >= 0.3 is 6.18 Å². The molecule has 0 amide bonds. The molecule has 4 rings (SSSR count). The molecule has 1 heterocycles. The van der Waals surface area contributed by atoms with Crippen molar-refractivity contribution in [2.45, 2.75) is 6.18 Å². The molecule has 0 bridgehead atoms. The summed E-state index contributed by atoms with van der Waals surface area (Å²) in [5.41, 5.74) is -0.240. The molecule has 0 aliphatic rings. The molecule has 3 aromatic carbocycles. The summed E-state index contributed by atoms with van der Waals surface area (Å²) >= 11 is 0. The maximum atomic E-state index is 13.3. The molecule has 0 radical (unpaired) electrons. The molecule has 33 heavy (non-hydrogen) atoms. The zero-order chi connectivity index (χ0) is 23.4. The number of fused-ring (bicyclic) bond motifs is 1. The van der Waals surface area contributed by atoms with E-state index in [0.29, 0.717) is 22.2 Å². The zero-order valence-electron chi connectivity index (χ0n) is 17.1. The second-order valence-electron chi connectivity index (χ2n) is 6.95. The van der Waals surface area contributed by atoms with Gasteiger partial charge in [0.2, 0.25) is 0 Å². The second-order valence-corrected chi connectivity index (χ2v) is 6.95. The minimum Gasteiger partial charge on any atom is -0.481 e. The Labute approximate surface area is 186 Å². The quantitative estimate of drug-likeness (QED) is 0.320. The van der Waals surface area contributed by atoms with Crippen molar-refractivity contribution in [3.05, 3.63) is 94.3 Å². The Bertz CT molecular complexity index is 1430. The minimum absolute atomic E-state index is 0.00461. The number of hydrogen-bond donors (Lipinski definition) is 0. The Hall–Kier alpha value is -4.38. The Balaban J connectivity index is 1.82. The molecule has 164 valence electrons. The molecule has 0 fully saturated rings. The lowest BCUT2D eigenvalue weighted by atomic mass is 10.1. The molecule has 0 unspecified atom stereocenters. The summed E-state index contributed by atoms with van der Waals surface area (Å²) in [7, 11) is 0. The van der Waals surface area contributed by atoms with Crippen LogP contribution in [-0.2, 0) is 6.18 Å². The number of aromatic nitrogens is 2. The van der Waals surface area contributed by atoms with Gasteiger partial charge in [-0.3, -0.25) is 4.79 Å². The number of terminal acetylenes is 1. The van der Waals surface area contributed by atoms with Crippen LogP contribution in [0.25, 0.3) is 22.3 Å². The van der Waals surface area contributed by atoms with Crippen molar-refractivity contribution in [3.8, 4) is 29.5 Å². The van der Waals surface area contributed by atoms with E-state index in [4.69, 9.17) is 11.2 Å². The highest BCUT2D eigenvalue weighted by molar-refractivity contribution is 5.82. The van der Waals surface area contributed by atoms with Gasteiger partial charge in [-0.1, -0.05) is 30.2 Å². The fourth-order valence-corrected chi connectivity index (χ4v) is 3.15. The molecule has 5 nitrogen and oxygen atoms in total. The van der Waals surface area contributed by atoms with Crippen molar-refractivity contribution in [3.63, 3.8) is 0 Å². The predicted octanol–water partition coefficient (Wildman–Crippen LogP) is 4.98. The van der Waals surface area contributed by atoms with Crippen LogP contribution in [0.1, 0.15) is 11.1 Å². The molecule has 1 aromatic heterocycles. The number of benzene rings is 3. The van der Waals surface area contributed by atoms with Crippen molar-refractivity contribution < 1.29 is 17.9 Å². The smallest absolute Gasteiger partial charge is 0.416 e. The highest BCUT2D eigenvalue weighted by Crippen LogP contribution is 2.31. The van der Waals surface area contributed by atoms with E-state index < -0.39 is 17.3 Å². The molecular weight excluding hydrogens is 431 g/mol. The lowest BCUT2D eigenvalue weighted by molar-refractivity contribution is -0.137. The largest absolute Gasteiger partial charge is 0.481 e. The van der Waals surface area contributed by atoms with Crippen LogP contribution in [0, 0.1) is 12.3 Å².